The summed E-state index contributed by atoms with van der Waals surface area (Å²) in [4.78, 5) is 24.1. The third-order valence-corrected chi connectivity index (χ3v) is 3.91. The van der Waals surface area contributed by atoms with E-state index < -0.39 is 0 Å². The highest BCUT2D eigenvalue weighted by Gasteiger charge is 2.32. The van der Waals surface area contributed by atoms with Crippen molar-refractivity contribution in [2.24, 2.45) is 5.92 Å². The number of aryl methyl sites for hydroxylation is 1. The Morgan fingerprint density at radius 1 is 1.35 bits per heavy atom. The molecule has 20 heavy (non-hydrogen) atoms. The number of rotatable bonds is 3. The van der Waals surface area contributed by atoms with Crippen molar-refractivity contribution in [3.8, 4) is 0 Å². The predicted molar refractivity (Wildman–Crippen MR) is 73.2 cm³/mol. The number of hydrogen-bond acceptors (Lipinski definition) is 4. The van der Waals surface area contributed by atoms with Crippen molar-refractivity contribution in [1.82, 2.24) is 15.5 Å². The molecule has 2 N–H and O–H groups in total. The van der Waals surface area contributed by atoms with Crippen molar-refractivity contribution < 1.29 is 14.3 Å². The van der Waals surface area contributed by atoms with Gasteiger partial charge in [-0.15, -0.1) is 0 Å². The van der Waals surface area contributed by atoms with Crippen molar-refractivity contribution in [2.45, 2.75) is 45.1 Å². The van der Waals surface area contributed by atoms with Crippen LogP contribution in [0.5, 0.6) is 0 Å². The summed E-state index contributed by atoms with van der Waals surface area (Å²) in [6.07, 6.45) is 6.18. The highest BCUT2D eigenvalue weighted by atomic mass is 16.5. The van der Waals surface area contributed by atoms with Crippen molar-refractivity contribution in [1.29, 1.82) is 0 Å². The third-order valence-electron chi connectivity index (χ3n) is 3.91. The van der Waals surface area contributed by atoms with Gasteiger partial charge in [0, 0.05) is 11.7 Å². The van der Waals surface area contributed by atoms with E-state index in [1.807, 2.05) is 0 Å². The Morgan fingerprint density at radius 2 is 2.10 bits per heavy atom. The van der Waals surface area contributed by atoms with E-state index in [4.69, 9.17) is 4.74 Å². The quantitative estimate of drug-likeness (QED) is 0.649. The van der Waals surface area contributed by atoms with Crippen molar-refractivity contribution in [3.05, 3.63) is 17.5 Å². The number of carbonyl (C=O) groups is 2. The average Bonchev–Trinajstić information content (AvgIpc) is 2.74. The van der Waals surface area contributed by atoms with Crippen molar-refractivity contribution >= 4 is 11.9 Å². The van der Waals surface area contributed by atoms with Crippen LogP contribution >= 0.6 is 0 Å². The molecule has 1 saturated carbocycles. The number of methoxy groups -OCH3 is 1. The van der Waals surface area contributed by atoms with Gasteiger partial charge >= 0.3 is 5.97 Å². The molecule has 1 aromatic rings. The van der Waals surface area contributed by atoms with E-state index in [2.05, 4.69) is 15.5 Å². The van der Waals surface area contributed by atoms with Gasteiger partial charge in [0.15, 0.2) is 0 Å². The zero-order valence-electron chi connectivity index (χ0n) is 11.9. The zero-order chi connectivity index (χ0) is 14.5. The molecular formula is C14H21N3O3. The molecule has 6 nitrogen and oxygen atoms in total. The first-order valence-corrected chi connectivity index (χ1v) is 7.02. The largest absolute Gasteiger partial charge is 0.469 e. The number of aromatic amines is 1. The molecule has 6 heteroatoms. The molecule has 2 rings (SSSR count). The number of hydrogen-bond donors (Lipinski definition) is 2. The van der Waals surface area contributed by atoms with Crippen LogP contribution in [0.2, 0.25) is 0 Å². The minimum Gasteiger partial charge on any atom is -0.469 e. The predicted octanol–water partition coefficient (Wildman–Crippen LogP) is 1.57. The number of H-pyrrole nitrogens is 1. The van der Waals surface area contributed by atoms with Gasteiger partial charge in [0.1, 0.15) is 0 Å². The molecule has 0 aromatic carbocycles. The lowest BCUT2D eigenvalue weighted by atomic mass is 9.94. The zero-order valence-corrected chi connectivity index (χ0v) is 11.9. The number of nitrogens with one attached hydrogen (secondary N) is 2. The number of amides is 1. The molecule has 0 spiro atoms. The molecule has 1 amide bonds. The molecule has 1 aromatic heterocycles. The Bertz CT molecular complexity index is 484. The van der Waals surface area contributed by atoms with E-state index >= 15 is 0 Å². The number of nitrogens with zero attached hydrogens (tertiary/aromatic N) is 1. The van der Waals surface area contributed by atoms with Crippen LogP contribution in [-0.4, -0.2) is 35.2 Å². The average molecular weight is 279 g/mol. The third kappa shape index (κ3) is 3.18. The summed E-state index contributed by atoms with van der Waals surface area (Å²) in [7, 11) is 1.40. The van der Waals surface area contributed by atoms with Gasteiger partial charge in [-0.2, -0.15) is 5.10 Å². The van der Waals surface area contributed by atoms with E-state index in [1.54, 1.807) is 6.92 Å². The first kappa shape index (κ1) is 14.6. The van der Waals surface area contributed by atoms with Gasteiger partial charge in [-0.3, -0.25) is 14.7 Å². The molecule has 110 valence electrons. The minimum absolute atomic E-state index is 0.160. The molecule has 1 fully saturated rings. The number of aromatic nitrogens is 2. The summed E-state index contributed by atoms with van der Waals surface area (Å²) in [5.74, 6) is -0.670. The van der Waals surface area contributed by atoms with Crippen LogP contribution in [0, 0.1) is 12.8 Å². The van der Waals surface area contributed by atoms with Crippen molar-refractivity contribution in [2.75, 3.05) is 7.11 Å². The molecule has 2 atom stereocenters. The second kappa shape index (κ2) is 6.54. The SMILES string of the molecule is COC(=O)[C@@H]1CCCCC[C@H]1NC(=O)c1cn[nH]c1C. The van der Waals surface area contributed by atoms with E-state index in [-0.39, 0.29) is 23.8 Å². The lowest BCUT2D eigenvalue weighted by Crippen LogP contribution is -2.43. The molecule has 1 heterocycles. The minimum atomic E-state index is -0.251. The number of ether oxygens (including phenoxy) is 1. The molecule has 0 aliphatic heterocycles. The maximum Gasteiger partial charge on any atom is 0.310 e. The Hall–Kier alpha value is -1.85. The van der Waals surface area contributed by atoms with E-state index in [9.17, 15) is 9.59 Å². The highest BCUT2D eigenvalue weighted by Crippen LogP contribution is 2.25. The monoisotopic (exact) mass is 279 g/mol. The van der Waals surface area contributed by atoms with Gasteiger partial charge in [0.25, 0.3) is 5.91 Å². The van der Waals surface area contributed by atoms with Crippen LogP contribution in [0.1, 0.15) is 48.2 Å². The van der Waals surface area contributed by atoms with Crippen LogP contribution in [0.15, 0.2) is 6.20 Å². The lowest BCUT2D eigenvalue weighted by Gasteiger charge is -2.24. The summed E-state index contributed by atoms with van der Waals surface area (Å²) in [5, 5.41) is 9.56. The standard InChI is InChI=1S/C14H21N3O3/c1-9-11(8-15-17-9)13(18)16-12-7-5-3-4-6-10(12)14(19)20-2/h8,10,12H,3-7H2,1-2H3,(H,15,17)(H,16,18)/t10-,12-/m1/s1. The maximum absolute atomic E-state index is 12.2. The van der Waals surface area contributed by atoms with E-state index in [0.29, 0.717) is 5.56 Å². The molecule has 0 bridgehead atoms. The summed E-state index contributed by atoms with van der Waals surface area (Å²) in [5.41, 5.74) is 1.25. The number of esters is 1. The molecular weight excluding hydrogens is 258 g/mol. The smallest absolute Gasteiger partial charge is 0.310 e. The first-order valence-electron chi connectivity index (χ1n) is 7.02. The lowest BCUT2D eigenvalue weighted by molar-refractivity contribution is -0.146. The van der Waals surface area contributed by atoms with Crippen LogP contribution < -0.4 is 5.32 Å². The van der Waals surface area contributed by atoms with Gasteiger partial charge in [-0.05, 0) is 19.8 Å². The fraction of sp³-hybridized carbons (Fsp3) is 0.643. The Labute approximate surface area is 118 Å². The van der Waals surface area contributed by atoms with E-state index in [1.165, 1.54) is 13.3 Å². The normalized spacial score (nSPS) is 22.9. The van der Waals surface area contributed by atoms with Gasteiger partial charge in [-0.1, -0.05) is 19.3 Å². The molecule has 1 aliphatic rings. The summed E-state index contributed by atoms with van der Waals surface area (Å²) < 4.78 is 4.86. The Kier molecular flexibility index (Phi) is 4.76. The Morgan fingerprint density at radius 3 is 2.75 bits per heavy atom. The van der Waals surface area contributed by atoms with Gasteiger partial charge in [-0.25, -0.2) is 0 Å². The number of carbonyl (C=O) groups excluding carboxylic acids is 2. The van der Waals surface area contributed by atoms with Gasteiger partial charge < -0.3 is 10.1 Å². The van der Waals surface area contributed by atoms with Crippen LogP contribution in [0.4, 0.5) is 0 Å². The maximum atomic E-state index is 12.2. The van der Waals surface area contributed by atoms with Gasteiger partial charge in [0.05, 0.1) is 24.8 Å². The van der Waals surface area contributed by atoms with Gasteiger partial charge in [0.2, 0.25) is 0 Å². The molecule has 0 unspecified atom stereocenters. The van der Waals surface area contributed by atoms with E-state index in [0.717, 1.165) is 37.8 Å². The van der Waals surface area contributed by atoms with Crippen LogP contribution in [0.25, 0.3) is 0 Å². The second-order valence-electron chi connectivity index (χ2n) is 5.26. The van der Waals surface area contributed by atoms with Crippen molar-refractivity contribution in [3.63, 3.8) is 0 Å². The second-order valence-corrected chi connectivity index (χ2v) is 5.26. The van der Waals surface area contributed by atoms with Crippen LogP contribution in [-0.2, 0) is 9.53 Å². The molecule has 1 aliphatic carbocycles. The summed E-state index contributed by atoms with van der Waals surface area (Å²) in [6, 6.07) is -0.160. The fourth-order valence-electron chi connectivity index (χ4n) is 2.74. The Balaban J connectivity index is 2.09. The first-order chi connectivity index (χ1) is 9.63. The highest BCUT2D eigenvalue weighted by molar-refractivity contribution is 5.95. The summed E-state index contributed by atoms with van der Waals surface area (Å²) in [6.45, 7) is 1.80. The molecule has 0 radical (unpaired) electrons. The summed E-state index contributed by atoms with van der Waals surface area (Å²) >= 11 is 0. The molecule has 0 saturated heterocycles. The fourth-order valence-corrected chi connectivity index (χ4v) is 2.74. The topological polar surface area (TPSA) is 84.1 Å². The van der Waals surface area contributed by atoms with Crippen LogP contribution in [0.3, 0.4) is 0 Å².